The summed E-state index contributed by atoms with van der Waals surface area (Å²) < 4.78 is 20.7. The van der Waals surface area contributed by atoms with Crippen molar-refractivity contribution in [3.63, 3.8) is 0 Å². The minimum Gasteiger partial charge on any atom is -0.454 e. The Morgan fingerprint density at radius 3 is 2.56 bits per heavy atom. The number of aryl methyl sites for hydroxylation is 1. The van der Waals surface area contributed by atoms with Crippen LogP contribution in [0.25, 0.3) is 11.2 Å². The first-order chi connectivity index (χ1) is 15.3. The Labute approximate surface area is 190 Å². The van der Waals surface area contributed by atoms with E-state index >= 15 is 0 Å². The molecule has 0 bridgehead atoms. The molecule has 0 atom stereocenters. The summed E-state index contributed by atoms with van der Waals surface area (Å²) in [6.45, 7) is 0.341. The zero-order chi connectivity index (χ0) is 22.6. The standard InChI is InChI=1S/C21H16Cl2N4O5/c1-25-18-17(19(28)26(2)21(25)29)27(9-11-3-5-13(22)14(23)7-11)20(24-18)32-12-4-6-15-16(8-12)31-10-30-15/h3-8H,9-10H2,1-2H3. The number of hydrogen-bond acceptors (Lipinski definition) is 6. The summed E-state index contributed by atoms with van der Waals surface area (Å²) in [6, 6.07) is 10.4. The van der Waals surface area contributed by atoms with Crippen molar-refractivity contribution in [2.45, 2.75) is 6.54 Å². The molecule has 4 aromatic rings. The molecule has 5 rings (SSSR count). The van der Waals surface area contributed by atoms with Crippen LogP contribution in [0.2, 0.25) is 10.0 Å². The van der Waals surface area contributed by atoms with E-state index in [1.165, 1.54) is 11.6 Å². The van der Waals surface area contributed by atoms with Gasteiger partial charge in [0.15, 0.2) is 22.7 Å². The van der Waals surface area contributed by atoms with Gasteiger partial charge in [0.2, 0.25) is 6.79 Å². The van der Waals surface area contributed by atoms with Gasteiger partial charge in [0.25, 0.3) is 5.56 Å². The Kier molecular flexibility index (Phi) is 4.87. The average molecular weight is 475 g/mol. The van der Waals surface area contributed by atoms with Crippen LogP contribution in [-0.2, 0) is 20.6 Å². The number of aromatic nitrogens is 4. The fourth-order valence-electron chi connectivity index (χ4n) is 3.52. The second-order valence-electron chi connectivity index (χ2n) is 7.22. The maximum atomic E-state index is 13.0. The van der Waals surface area contributed by atoms with Crippen molar-refractivity contribution >= 4 is 34.4 Å². The number of fused-ring (bicyclic) bond motifs is 2. The Morgan fingerprint density at radius 2 is 1.78 bits per heavy atom. The third kappa shape index (κ3) is 3.30. The molecule has 11 heteroatoms. The van der Waals surface area contributed by atoms with Crippen LogP contribution in [0.15, 0.2) is 46.0 Å². The number of rotatable bonds is 4. The van der Waals surface area contributed by atoms with Gasteiger partial charge in [-0.3, -0.25) is 18.5 Å². The highest BCUT2D eigenvalue weighted by atomic mass is 35.5. The molecule has 0 radical (unpaired) electrons. The molecule has 0 spiro atoms. The number of benzene rings is 2. The molecule has 2 aromatic carbocycles. The van der Waals surface area contributed by atoms with Crippen molar-refractivity contribution in [2.24, 2.45) is 14.1 Å². The molecule has 9 nitrogen and oxygen atoms in total. The third-order valence-corrected chi connectivity index (χ3v) is 5.93. The van der Waals surface area contributed by atoms with E-state index < -0.39 is 11.2 Å². The second kappa shape index (κ2) is 7.61. The molecule has 0 N–H and O–H groups in total. The maximum Gasteiger partial charge on any atom is 0.332 e. The predicted molar refractivity (Wildman–Crippen MR) is 118 cm³/mol. The monoisotopic (exact) mass is 474 g/mol. The first-order valence-corrected chi connectivity index (χ1v) is 10.3. The van der Waals surface area contributed by atoms with Crippen LogP contribution in [0, 0.1) is 0 Å². The van der Waals surface area contributed by atoms with Crippen LogP contribution in [0.4, 0.5) is 0 Å². The van der Waals surface area contributed by atoms with Gasteiger partial charge in [-0.2, -0.15) is 4.98 Å². The molecule has 1 aliphatic heterocycles. The lowest BCUT2D eigenvalue weighted by molar-refractivity contribution is 0.174. The summed E-state index contributed by atoms with van der Waals surface area (Å²) >= 11 is 12.2. The molecule has 1 aliphatic rings. The number of halogens is 2. The molecule has 164 valence electrons. The van der Waals surface area contributed by atoms with Crippen LogP contribution in [0.5, 0.6) is 23.3 Å². The van der Waals surface area contributed by atoms with Crippen molar-refractivity contribution in [1.29, 1.82) is 0 Å². The predicted octanol–water partition coefficient (Wildman–Crippen LogP) is 3.31. The van der Waals surface area contributed by atoms with E-state index in [-0.39, 0.29) is 30.5 Å². The number of imidazole rings is 1. The van der Waals surface area contributed by atoms with Crippen LogP contribution >= 0.6 is 23.2 Å². The minimum absolute atomic E-state index is 0.128. The van der Waals surface area contributed by atoms with Crippen LogP contribution in [0.3, 0.4) is 0 Å². The number of ether oxygens (including phenoxy) is 3. The topological polar surface area (TPSA) is 89.5 Å². The lowest BCUT2D eigenvalue weighted by atomic mass is 10.2. The van der Waals surface area contributed by atoms with Gasteiger partial charge >= 0.3 is 11.7 Å². The van der Waals surface area contributed by atoms with E-state index in [9.17, 15) is 9.59 Å². The van der Waals surface area contributed by atoms with Gasteiger partial charge in [-0.1, -0.05) is 29.3 Å². The van der Waals surface area contributed by atoms with Gasteiger partial charge in [-0.05, 0) is 29.8 Å². The largest absolute Gasteiger partial charge is 0.454 e. The SMILES string of the molecule is Cn1c(=O)c2c(nc(Oc3ccc4c(c3)OCO4)n2Cc2ccc(Cl)c(Cl)c2)n(C)c1=O. The molecule has 2 aromatic heterocycles. The van der Waals surface area contributed by atoms with E-state index in [2.05, 4.69) is 4.98 Å². The highest BCUT2D eigenvalue weighted by molar-refractivity contribution is 6.42. The Morgan fingerprint density at radius 1 is 1.00 bits per heavy atom. The van der Waals surface area contributed by atoms with Crippen molar-refractivity contribution in [2.75, 3.05) is 6.79 Å². The fourth-order valence-corrected chi connectivity index (χ4v) is 3.84. The number of hydrogen-bond donors (Lipinski definition) is 0. The zero-order valence-corrected chi connectivity index (χ0v) is 18.5. The van der Waals surface area contributed by atoms with Crippen LogP contribution in [-0.4, -0.2) is 25.5 Å². The zero-order valence-electron chi connectivity index (χ0n) is 17.0. The van der Waals surface area contributed by atoms with Crippen molar-refractivity contribution < 1.29 is 14.2 Å². The third-order valence-electron chi connectivity index (χ3n) is 5.19. The Balaban J connectivity index is 1.68. The molecule has 0 amide bonds. The van der Waals surface area contributed by atoms with Gasteiger partial charge in [0.05, 0.1) is 16.6 Å². The summed E-state index contributed by atoms with van der Waals surface area (Å²) in [4.78, 5) is 29.9. The first kappa shape index (κ1) is 20.5. The molecular weight excluding hydrogens is 459 g/mol. The minimum atomic E-state index is -0.490. The summed E-state index contributed by atoms with van der Waals surface area (Å²) in [6.07, 6.45) is 0. The average Bonchev–Trinajstić information content (AvgIpc) is 3.38. The lowest BCUT2D eigenvalue weighted by Gasteiger charge is -2.11. The highest BCUT2D eigenvalue weighted by Gasteiger charge is 2.22. The smallest absolute Gasteiger partial charge is 0.332 e. The highest BCUT2D eigenvalue weighted by Crippen LogP contribution is 2.37. The molecular formula is C21H16Cl2N4O5. The quantitative estimate of drug-likeness (QED) is 0.450. The molecule has 32 heavy (non-hydrogen) atoms. The van der Waals surface area contributed by atoms with Crippen molar-refractivity contribution in [3.8, 4) is 23.3 Å². The molecule has 0 saturated carbocycles. The van der Waals surface area contributed by atoms with E-state index in [0.717, 1.165) is 10.1 Å². The molecule has 3 heterocycles. The molecule has 0 aliphatic carbocycles. The summed E-state index contributed by atoms with van der Waals surface area (Å²) in [5.41, 5.74) is 0.211. The van der Waals surface area contributed by atoms with Crippen LogP contribution in [0.1, 0.15) is 5.56 Å². The first-order valence-electron chi connectivity index (χ1n) is 9.51. The molecule has 0 fully saturated rings. The second-order valence-corrected chi connectivity index (χ2v) is 8.04. The van der Waals surface area contributed by atoms with Gasteiger partial charge < -0.3 is 14.2 Å². The van der Waals surface area contributed by atoms with Crippen LogP contribution < -0.4 is 25.5 Å². The Hall–Kier alpha value is -3.43. The van der Waals surface area contributed by atoms with Gasteiger partial charge in [-0.15, -0.1) is 0 Å². The van der Waals surface area contributed by atoms with E-state index in [1.807, 2.05) is 0 Å². The van der Waals surface area contributed by atoms with Gasteiger partial charge in [0, 0.05) is 20.2 Å². The fraction of sp³-hybridized carbons (Fsp3) is 0.190. The molecule has 0 unspecified atom stereocenters. The van der Waals surface area contributed by atoms with E-state index in [0.29, 0.717) is 27.3 Å². The van der Waals surface area contributed by atoms with Gasteiger partial charge in [0.1, 0.15) is 5.75 Å². The lowest BCUT2D eigenvalue weighted by Crippen LogP contribution is -2.37. The maximum absolute atomic E-state index is 13.0. The summed E-state index contributed by atoms with van der Waals surface area (Å²) in [5.74, 6) is 1.58. The number of nitrogens with zero attached hydrogens (tertiary/aromatic N) is 4. The molecule has 0 saturated heterocycles. The van der Waals surface area contributed by atoms with E-state index in [1.54, 1.807) is 48.0 Å². The van der Waals surface area contributed by atoms with Crippen molar-refractivity contribution in [1.82, 2.24) is 18.7 Å². The Bertz CT molecular complexity index is 1510. The van der Waals surface area contributed by atoms with Gasteiger partial charge in [-0.25, -0.2) is 4.79 Å². The summed E-state index contributed by atoms with van der Waals surface area (Å²) in [5, 5.41) is 0.799. The van der Waals surface area contributed by atoms with Crippen molar-refractivity contribution in [3.05, 3.63) is 72.8 Å². The normalized spacial score (nSPS) is 12.5. The summed E-state index contributed by atoms with van der Waals surface area (Å²) in [7, 11) is 2.96. The van der Waals surface area contributed by atoms with E-state index in [4.69, 9.17) is 37.4 Å².